The van der Waals surface area contributed by atoms with Crippen LogP contribution in [-0.2, 0) is 9.53 Å². The number of hydrogen-bond donors (Lipinski definition) is 0. The van der Waals surface area contributed by atoms with Crippen molar-refractivity contribution in [2.24, 2.45) is 4.99 Å². The van der Waals surface area contributed by atoms with Crippen LogP contribution in [0.2, 0.25) is 0 Å². The van der Waals surface area contributed by atoms with E-state index in [2.05, 4.69) is 9.73 Å². The highest BCUT2D eigenvalue weighted by Gasteiger charge is 2.03. The van der Waals surface area contributed by atoms with E-state index in [0.29, 0.717) is 0 Å². The Morgan fingerprint density at radius 3 is 3.00 bits per heavy atom. The summed E-state index contributed by atoms with van der Waals surface area (Å²) in [4.78, 5) is 16.4. The third-order valence-electron chi connectivity index (χ3n) is 1.33. The van der Waals surface area contributed by atoms with Gasteiger partial charge < -0.3 is 9.64 Å². The second kappa shape index (κ2) is 6.25. The van der Waals surface area contributed by atoms with Gasteiger partial charge in [-0.2, -0.15) is 0 Å². The van der Waals surface area contributed by atoms with Crippen molar-refractivity contribution in [1.82, 2.24) is 4.90 Å². The van der Waals surface area contributed by atoms with E-state index in [1.165, 1.54) is 7.11 Å². The van der Waals surface area contributed by atoms with Crippen molar-refractivity contribution in [3.05, 3.63) is 24.7 Å². The van der Waals surface area contributed by atoms with Gasteiger partial charge in [-0.3, -0.25) is 9.79 Å². The number of carbonyl (C=O) groups is 1. The summed E-state index contributed by atoms with van der Waals surface area (Å²) in [6.45, 7) is 0.215. The van der Waals surface area contributed by atoms with Gasteiger partial charge >= 0.3 is 5.97 Å². The summed E-state index contributed by atoms with van der Waals surface area (Å²) < 4.78 is 4.50. The number of aliphatic imine (C=N–C) groups is 1. The molecule has 5 heteroatoms. The van der Waals surface area contributed by atoms with E-state index >= 15 is 0 Å². The number of rotatable bonds is 2. The second-order valence-corrected chi connectivity index (χ2v) is 2.19. The SMILES string of the molecule is COC(=O)CN1C=CC=NC=C1.Cl. The summed E-state index contributed by atoms with van der Waals surface area (Å²) in [6.07, 6.45) is 8.47. The highest BCUT2D eigenvalue weighted by Crippen LogP contribution is 1.95. The number of carbonyl (C=O) groups excluding carboxylic acids is 1. The van der Waals surface area contributed by atoms with E-state index in [4.69, 9.17) is 0 Å². The fraction of sp³-hybridized carbons (Fsp3) is 0.250. The van der Waals surface area contributed by atoms with Gasteiger partial charge in [0, 0.05) is 24.8 Å². The Labute approximate surface area is 83.0 Å². The average molecular weight is 203 g/mol. The van der Waals surface area contributed by atoms with Crippen LogP contribution in [0.4, 0.5) is 0 Å². The highest BCUT2D eigenvalue weighted by molar-refractivity contribution is 5.85. The predicted molar refractivity (Wildman–Crippen MR) is 52.7 cm³/mol. The fourth-order valence-corrected chi connectivity index (χ4v) is 0.741. The number of esters is 1. The van der Waals surface area contributed by atoms with Gasteiger partial charge in [0.05, 0.1) is 7.11 Å². The maximum atomic E-state index is 10.8. The van der Waals surface area contributed by atoms with Crippen molar-refractivity contribution in [1.29, 1.82) is 0 Å². The molecule has 0 saturated carbocycles. The van der Waals surface area contributed by atoms with Gasteiger partial charge in [0.15, 0.2) is 0 Å². The zero-order valence-electron chi connectivity index (χ0n) is 7.21. The van der Waals surface area contributed by atoms with Gasteiger partial charge in [0.2, 0.25) is 0 Å². The molecule has 13 heavy (non-hydrogen) atoms. The number of nitrogens with zero attached hydrogens (tertiary/aromatic N) is 2. The summed E-state index contributed by atoms with van der Waals surface area (Å²) in [5.74, 6) is -0.272. The number of hydrogen-bond acceptors (Lipinski definition) is 4. The summed E-state index contributed by atoms with van der Waals surface area (Å²) in [6, 6.07) is 0. The number of allylic oxidation sites excluding steroid dienone is 1. The minimum absolute atomic E-state index is 0. The molecule has 0 saturated heterocycles. The van der Waals surface area contributed by atoms with Crippen LogP contribution in [0.3, 0.4) is 0 Å². The molecule has 1 heterocycles. The molecule has 0 radical (unpaired) electrons. The summed E-state index contributed by atoms with van der Waals surface area (Å²) in [5, 5.41) is 0. The van der Waals surface area contributed by atoms with E-state index in [0.717, 1.165) is 0 Å². The molecule has 0 aliphatic carbocycles. The first kappa shape index (κ1) is 11.7. The van der Waals surface area contributed by atoms with E-state index in [9.17, 15) is 4.79 Å². The Hall–Kier alpha value is -1.29. The third-order valence-corrected chi connectivity index (χ3v) is 1.33. The van der Waals surface area contributed by atoms with Gasteiger partial charge in [0.1, 0.15) is 6.54 Å². The molecule has 0 amide bonds. The average Bonchev–Trinajstić information content (AvgIpc) is 2.33. The molecular formula is C8H11ClN2O2. The lowest BCUT2D eigenvalue weighted by atomic mass is 10.5. The van der Waals surface area contributed by atoms with Crippen LogP contribution in [0.1, 0.15) is 0 Å². The molecule has 1 rings (SSSR count). The van der Waals surface area contributed by atoms with Gasteiger partial charge in [-0.1, -0.05) is 0 Å². The molecule has 0 fully saturated rings. The first-order chi connectivity index (χ1) is 5.83. The Kier molecular flexibility index (Phi) is 5.63. The van der Waals surface area contributed by atoms with Crippen LogP contribution in [0, 0.1) is 0 Å². The molecule has 0 unspecified atom stereocenters. The second-order valence-electron chi connectivity index (χ2n) is 2.19. The molecule has 0 aromatic rings. The molecule has 0 atom stereocenters. The molecule has 0 N–H and O–H groups in total. The predicted octanol–water partition coefficient (Wildman–Crippen LogP) is 0.952. The van der Waals surface area contributed by atoms with Crippen LogP contribution < -0.4 is 0 Å². The monoisotopic (exact) mass is 202 g/mol. The first-order valence-corrected chi connectivity index (χ1v) is 3.52. The Morgan fingerprint density at radius 1 is 1.54 bits per heavy atom. The Morgan fingerprint density at radius 2 is 2.31 bits per heavy atom. The zero-order chi connectivity index (χ0) is 8.81. The van der Waals surface area contributed by atoms with Gasteiger partial charge in [0.25, 0.3) is 0 Å². The van der Waals surface area contributed by atoms with Crippen LogP contribution in [0.25, 0.3) is 0 Å². The molecule has 0 aromatic heterocycles. The minimum Gasteiger partial charge on any atom is -0.468 e. The van der Waals surface area contributed by atoms with E-state index in [1.54, 1.807) is 35.8 Å². The minimum atomic E-state index is -0.272. The maximum absolute atomic E-state index is 10.8. The van der Waals surface area contributed by atoms with Crippen molar-refractivity contribution < 1.29 is 9.53 Å². The number of ether oxygens (including phenoxy) is 1. The van der Waals surface area contributed by atoms with Crippen molar-refractivity contribution in [3.63, 3.8) is 0 Å². The zero-order valence-corrected chi connectivity index (χ0v) is 8.03. The molecule has 72 valence electrons. The highest BCUT2D eigenvalue weighted by atomic mass is 35.5. The number of methoxy groups -OCH3 is 1. The van der Waals surface area contributed by atoms with E-state index in [1.807, 2.05) is 0 Å². The van der Waals surface area contributed by atoms with Crippen LogP contribution in [0.5, 0.6) is 0 Å². The lowest BCUT2D eigenvalue weighted by Gasteiger charge is -2.11. The Balaban J connectivity index is 0.00000144. The standard InChI is InChI=1S/C8H10N2O2.ClH/c1-12-8(11)7-10-5-2-3-9-4-6-10;/h2-6H,7H2,1H3;1H. The Bertz CT molecular complexity index is 233. The topological polar surface area (TPSA) is 41.9 Å². The first-order valence-electron chi connectivity index (χ1n) is 3.52. The molecule has 4 nitrogen and oxygen atoms in total. The third kappa shape index (κ3) is 4.32. The molecule has 0 bridgehead atoms. The van der Waals surface area contributed by atoms with Crippen molar-refractivity contribution in [2.45, 2.75) is 0 Å². The summed E-state index contributed by atoms with van der Waals surface area (Å²) in [7, 11) is 1.37. The molecular weight excluding hydrogens is 192 g/mol. The van der Waals surface area contributed by atoms with Crippen molar-refractivity contribution in [2.75, 3.05) is 13.7 Å². The van der Waals surface area contributed by atoms with Crippen LogP contribution in [0.15, 0.2) is 29.7 Å². The molecule has 1 aliphatic rings. The lowest BCUT2D eigenvalue weighted by molar-refractivity contribution is -0.140. The maximum Gasteiger partial charge on any atom is 0.325 e. The van der Waals surface area contributed by atoms with Crippen LogP contribution in [-0.4, -0.2) is 30.7 Å². The fourth-order valence-electron chi connectivity index (χ4n) is 0.741. The quantitative estimate of drug-likeness (QED) is 0.627. The normalized spacial score (nSPS) is 13.5. The molecule has 0 spiro atoms. The largest absolute Gasteiger partial charge is 0.468 e. The molecule has 0 aromatic carbocycles. The molecule has 1 aliphatic heterocycles. The van der Waals surface area contributed by atoms with Crippen molar-refractivity contribution >= 4 is 24.6 Å². The van der Waals surface area contributed by atoms with E-state index < -0.39 is 0 Å². The van der Waals surface area contributed by atoms with Gasteiger partial charge in [-0.05, 0) is 6.08 Å². The number of halogens is 1. The summed E-state index contributed by atoms with van der Waals surface area (Å²) in [5.41, 5.74) is 0. The summed E-state index contributed by atoms with van der Waals surface area (Å²) >= 11 is 0. The smallest absolute Gasteiger partial charge is 0.325 e. The van der Waals surface area contributed by atoms with Crippen molar-refractivity contribution in [3.8, 4) is 0 Å². The lowest BCUT2D eigenvalue weighted by Crippen LogP contribution is -2.20. The van der Waals surface area contributed by atoms with E-state index in [-0.39, 0.29) is 24.9 Å². The van der Waals surface area contributed by atoms with Gasteiger partial charge in [-0.15, -0.1) is 12.4 Å². The van der Waals surface area contributed by atoms with Gasteiger partial charge in [-0.25, -0.2) is 0 Å². The van der Waals surface area contributed by atoms with Crippen LogP contribution >= 0.6 is 12.4 Å².